The summed E-state index contributed by atoms with van der Waals surface area (Å²) in [5.74, 6) is 0. The van der Waals surface area contributed by atoms with Crippen LogP contribution in [0.25, 0.3) is 0 Å². The van der Waals surface area contributed by atoms with Gasteiger partial charge in [-0.3, -0.25) is 0 Å². The first-order chi connectivity index (χ1) is 6.55. The third kappa shape index (κ3) is 3.01. The number of nitrogens with one attached hydrogen (secondary N) is 1. The van der Waals surface area contributed by atoms with Gasteiger partial charge in [0, 0.05) is 25.0 Å². The Balaban J connectivity index is 2.63. The Labute approximate surface area is 89.1 Å². The highest BCUT2D eigenvalue weighted by Crippen LogP contribution is 2.25. The van der Waals surface area contributed by atoms with Crippen molar-refractivity contribution in [3.8, 4) is 0 Å². The quantitative estimate of drug-likeness (QED) is 0.730. The van der Waals surface area contributed by atoms with E-state index in [1.807, 2.05) is 0 Å². The third-order valence-electron chi connectivity index (χ3n) is 1.87. The summed E-state index contributed by atoms with van der Waals surface area (Å²) in [6.45, 7) is 8.77. The van der Waals surface area contributed by atoms with Gasteiger partial charge in [0.05, 0.1) is 10.6 Å². The minimum Gasteiger partial charge on any atom is -0.329 e. The molecule has 14 heavy (non-hydrogen) atoms. The zero-order valence-electron chi connectivity index (χ0n) is 9.00. The molecule has 1 heterocycles. The van der Waals surface area contributed by atoms with Crippen LogP contribution < -0.4 is 11.1 Å². The largest absolute Gasteiger partial charge is 0.329 e. The smallest absolute Gasteiger partial charge is 0.0854 e. The number of hydrogen-bond donors (Lipinski definition) is 2. The molecule has 0 unspecified atom stereocenters. The van der Waals surface area contributed by atoms with E-state index in [1.165, 1.54) is 16.4 Å². The van der Waals surface area contributed by atoms with Gasteiger partial charge in [0.1, 0.15) is 0 Å². The second-order valence-corrected chi connectivity index (χ2v) is 5.10. The molecule has 4 nitrogen and oxygen atoms in total. The minimum absolute atomic E-state index is 0.0761. The molecule has 0 saturated heterocycles. The first-order valence-corrected chi connectivity index (χ1v) is 5.55. The Morgan fingerprint density at radius 3 is 2.71 bits per heavy atom. The van der Waals surface area contributed by atoms with Crippen LogP contribution in [0.15, 0.2) is 0 Å². The topological polar surface area (TPSA) is 63.8 Å². The second-order valence-electron chi connectivity index (χ2n) is 4.26. The molecule has 0 aliphatic rings. The Bertz CT molecular complexity index is 277. The monoisotopic (exact) mass is 214 g/mol. The van der Waals surface area contributed by atoms with Crippen LogP contribution >= 0.6 is 11.5 Å². The molecule has 0 spiro atoms. The number of rotatable bonds is 4. The van der Waals surface area contributed by atoms with E-state index in [2.05, 4.69) is 35.7 Å². The number of aromatic nitrogens is 2. The standard InChI is InChI=1S/C9H18N4S/c1-9(2,3)8-7(14-13-12-8)6-11-5-4-10/h11H,4-6,10H2,1-3H3. The molecule has 1 rings (SSSR count). The maximum Gasteiger partial charge on any atom is 0.0854 e. The molecule has 0 saturated carbocycles. The van der Waals surface area contributed by atoms with Gasteiger partial charge in [0.25, 0.3) is 0 Å². The predicted octanol–water partition coefficient (Wildman–Crippen LogP) is 0.884. The fourth-order valence-electron chi connectivity index (χ4n) is 1.20. The van der Waals surface area contributed by atoms with E-state index < -0.39 is 0 Å². The number of hydrogen-bond acceptors (Lipinski definition) is 5. The van der Waals surface area contributed by atoms with Gasteiger partial charge >= 0.3 is 0 Å². The molecule has 0 bridgehead atoms. The molecule has 0 aliphatic heterocycles. The summed E-state index contributed by atoms with van der Waals surface area (Å²) in [7, 11) is 0. The average Bonchev–Trinajstić information content (AvgIpc) is 2.52. The van der Waals surface area contributed by atoms with Gasteiger partial charge in [0.15, 0.2) is 0 Å². The van der Waals surface area contributed by atoms with Crippen molar-refractivity contribution in [2.75, 3.05) is 13.1 Å². The van der Waals surface area contributed by atoms with Crippen LogP contribution in [0, 0.1) is 0 Å². The zero-order valence-corrected chi connectivity index (χ0v) is 9.82. The molecular weight excluding hydrogens is 196 g/mol. The lowest BCUT2D eigenvalue weighted by molar-refractivity contribution is 0.554. The van der Waals surface area contributed by atoms with E-state index >= 15 is 0 Å². The van der Waals surface area contributed by atoms with Crippen molar-refractivity contribution in [2.24, 2.45) is 5.73 Å². The summed E-state index contributed by atoms with van der Waals surface area (Å²) in [5.41, 5.74) is 6.57. The highest BCUT2D eigenvalue weighted by atomic mass is 32.1. The van der Waals surface area contributed by atoms with Crippen molar-refractivity contribution in [3.05, 3.63) is 10.6 Å². The fourth-order valence-corrected chi connectivity index (χ4v) is 2.02. The molecule has 1 aromatic rings. The Morgan fingerprint density at radius 2 is 2.14 bits per heavy atom. The normalized spacial score (nSPS) is 12.0. The molecule has 80 valence electrons. The molecule has 0 aliphatic carbocycles. The van der Waals surface area contributed by atoms with Gasteiger partial charge in [-0.2, -0.15) is 0 Å². The summed E-state index contributed by atoms with van der Waals surface area (Å²) in [4.78, 5) is 1.21. The second kappa shape index (κ2) is 4.82. The van der Waals surface area contributed by atoms with Gasteiger partial charge in [-0.25, -0.2) is 0 Å². The van der Waals surface area contributed by atoms with Gasteiger partial charge in [-0.1, -0.05) is 25.3 Å². The highest BCUT2D eigenvalue weighted by molar-refractivity contribution is 7.05. The molecule has 5 heteroatoms. The van der Waals surface area contributed by atoms with Crippen LogP contribution in [-0.2, 0) is 12.0 Å². The van der Waals surface area contributed by atoms with Crippen molar-refractivity contribution >= 4 is 11.5 Å². The van der Waals surface area contributed by atoms with E-state index in [-0.39, 0.29) is 5.41 Å². The highest BCUT2D eigenvalue weighted by Gasteiger charge is 2.21. The van der Waals surface area contributed by atoms with Crippen LogP contribution in [0.5, 0.6) is 0 Å². The summed E-state index contributed by atoms with van der Waals surface area (Å²) < 4.78 is 3.99. The lowest BCUT2D eigenvalue weighted by Crippen LogP contribution is -2.23. The minimum atomic E-state index is 0.0761. The first-order valence-electron chi connectivity index (χ1n) is 4.78. The molecule has 0 fully saturated rings. The van der Waals surface area contributed by atoms with E-state index in [0.717, 1.165) is 18.8 Å². The molecule has 3 N–H and O–H groups in total. The third-order valence-corrected chi connectivity index (χ3v) is 2.59. The van der Waals surface area contributed by atoms with Crippen LogP contribution in [0.2, 0.25) is 0 Å². The molecular formula is C9H18N4S. The Morgan fingerprint density at radius 1 is 1.43 bits per heavy atom. The van der Waals surface area contributed by atoms with Crippen molar-refractivity contribution in [3.63, 3.8) is 0 Å². The van der Waals surface area contributed by atoms with E-state index in [1.54, 1.807) is 0 Å². The van der Waals surface area contributed by atoms with Gasteiger partial charge in [0.2, 0.25) is 0 Å². The zero-order chi connectivity index (χ0) is 10.6. The molecule has 0 radical (unpaired) electrons. The first kappa shape index (κ1) is 11.6. The van der Waals surface area contributed by atoms with E-state index in [4.69, 9.17) is 5.73 Å². The molecule has 1 aromatic heterocycles. The van der Waals surface area contributed by atoms with Gasteiger partial charge in [-0.05, 0) is 11.5 Å². The maximum atomic E-state index is 5.40. The van der Waals surface area contributed by atoms with Crippen molar-refractivity contribution in [2.45, 2.75) is 32.7 Å². The van der Waals surface area contributed by atoms with Gasteiger partial charge in [-0.15, -0.1) is 5.10 Å². The van der Waals surface area contributed by atoms with E-state index in [9.17, 15) is 0 Å². The van der Waals surface area contributed by atoms with Gasteiger partial charge < -0.3 is 11.1 Å². The Hall–Kier alpha value is -0.520. The van der Waals surface area contributed by atoms with Crippen molar-refractivity contribution in [1.29, 1.82) is 0 Å². The van der Waals surface area contributed by atoms with E-state index in [0.29, 0.717) is 6.54 Å². The fraction of sp³-hybridized carbons (Fsp3) is 0.778. The average molecular weight is 214 g/mol. The van der Waals surface area contributed by atoms with Crippen LogP contribution in [0.1, 0.15) is 31.3 Å². The summed E-state index contributed by atoms with van der Waals surface area (Å²) >= 11 is 1.46. The molecule has 0 aromatic carbocycles. The van der Waals surface area contributed by atoms with Crippen molar-refractivity contribution < 1.29 is 0 Å². The van der Waals surface area contributed by atoms with Crippen LogP contribution in [0.4, 0.5) is 0 Å². The summed E-state index contributed by atoms with van der Waals surface area (Å²) in [5, 5.41) is 7.42. The maximum absolute atomic E-state index is 5.40. The predicted molar refractivity (Wildman–Crippen MR) is 59.4 cm³/mol. The summed E-state index contributed by atoms with van der Waals surface area (Å²) in [6, 6.07) is 0. The van der Waals surface area contributed by atoms with Crippen LogP contribution in [0.3, 0.4) is 0 Å². The lowest BCUT2D eigenvalue weighted by Gasteiger charge is -2.16. The number of nitrogens with two attached hydrogens (primary N) is 1. The lowest BCUT2D eigenvalue weighted by atomic mass is 9.91. The molecule has 0 amide bonds. The van der Waals surface area contributed by atoms with Crippen molar-refractivity contribution in [1.82, 2.24) is 14.9 Å². The SMILES string of the molecule is CC(C)(C)c1nnsc1CNCCN. The molecule has 0 atom stereocenters. The summed E-state index contributed by atoms with van der Waals surface area (Å²) in [6.07, 6.45) is 0. The van der Waals surface area contributed by atoms with Crippen LogP contribution in [-0.4, -0.2) is 22.7 Å². The number of nitrogens with zero attached hydrogens (tertiary/aromatic N) is 2. The Kier molecular flexibility index (Phi) is 3.97.